The molecule has 1 aliphatic heterocycles. The van der Waals surface area contributed by atoms with E-state index in [9.17, 15) is 9.59 Å². The maximum Gasteiger partial charge on any atom is 0.267 e. The van der Waals surface area contributed by atoms with Crippen molar-refractivity contribution in [2.24, 2.45) is 0 Å². The molecule has 2 heterocycles. The predicted molar refractivity (Wildman–Crippen MR) is 123 cm³/mol. The van der Waals surface area contributed by atoms with Crippen LogP contribution in [0.3, 0.4) is 0 Å². The second-order valence-electron chi connectivity index (χ2n) is 7.60. The van der Waals surface area contributed by atoms with Crippen LogP contribution in [0.4, 0.5) is 0 Å². The van der Waals surface area contributed by atoms with Crippen molar-refractivity contribution >= 4 is 5.91 Å². The fraction of sp³-hybridized carbons (Fsp3) is 0.115. The fourth-order valence-corrected chi connectivity index (χ4v) is 3.76. The molecule has 0 saturated carbocycles. The van der Waals surface area contributed by atoms with E-state index in [1.807, 2.05) is 66.7 Å². The van der Waals surface area contributed by atoms with Crippen molar-refractivity contribution in [1.29, 1.82) is 0 Å². The number of hydrogen-bond acceptors (Lipinski definition) is 5. The number of carbonyl (C=O) groups excluding carboxylic acids is 1. The van der Waals surface area contributed by atoms with E-state index in [2.05, 4.69) is 10.4 Å². The molecule has 1 N–H and O–H groups in total. The Labute approximate surface area is 190 Å². The SMILES string of the molecule is O=C(Cn1nc(-c2ccc3c(c2)OCO3)ccc1=O)NC(c1ccccc1)c1ccccc1. The molecule has 0 saturated heterocycles. The monoisotopic (exact) mass is 439 g/mol. The fourth-order valence-electron chi connectivity index (χ4n) is 3.76. The molecule has 3 aromatic carbocycles. The number of nitrogens with one attached hydrogen (secondary N) is 1. The molecule has 0 bridgehead atoms. The summed E-state index contributed by atoms with van der Waals surface area (Å²) in [5.74, 6) is 0.975. The molecule has 0 fully saturated rings. The lowest BCUT2D eigenvalue weighted by Crippen LogP contribution is -2.36. The van der Waals surface area contributed by atoms with Crippen LogP contribution in [-0.2, 0) is 11.3 Å². The van der Waals surface area contributed by atoms with Gasteiger partial charge in [-0.1, -0.05) is 60.7 Å². The van der Waals surface area contributed by atoms with Gasteiger partial charge >= 0.3 is 0 Å². The molecule has 0 spiro atoms. The van der Waals surface area contributed by atoms with Crippen molar-refractivity contribution in [3.8, 4) is 22.8 Å². The summed E-state index contributed by atoms with van der Waals surface area (Å²) >= 11 is 0. The maximum absolute atomic E-state index is 13.0. The first-order valence-corrected chi connectivity index (χ1v) is 10.5. The van der Waals surface area contributed by atoms with Crippen molar-refractivity contribution in [3.05, 3.63) is 112 Å². The van der Waals surface area contributed by atoms with Gasteiger partial charge in [0.25, 0.3) is 5.56 Å². The zero-order chi connectivity index (χ0) is 22.6. The van der Waals surface area contributed by atoms with Crippen molar-refractivity contribution in [2.45, 2.75) is 12.6 Å². The smallest absolute Gasteiger partial charge is 0.267 e. The summed E-state index contributed by atoms with van der Waals surface area (Å²) in [6, 6.07) is 27.6. The van der Waals surface area contributed by atoms with Crippen molar-refractivity contribution in [2.75, 3.05) is 6.79 Å². The minimum atomic E-state index is -0.356. The Morgan fingerprint density at radius 2 is 1.55 bits per heavy atom. The summed E-state index contributed by atoms with van der Waals surface area (Å²) in [6.07, 6.45) is 0. The molecule has 7 nitrogen and oxygen atoms in total. The number of benzene rings is 3. The molecule has 1 aliphatic rings. The van der Waals surface area contributed by atoms with Gasteiger partial charge in [-0.15, -0.1) is 0 Å². The van der Waals surface area contributed by atoms with Crippen LogP contribution in [0.25, 0.3) is 11.3 Å². The van der Waals surface area contributed by atoms with E-state index in [1.165, 1.54) is 10.7 Å². The summed E-state index contributed by atoms with van der Waals surface area (Å²) < 4.78 is 11.9. The average molecular weight is 439 g/mol. The largest absolute Gasteiger partial charge is 0.454 e. The lowest BCUT2D eigenvalue weighted by atomic mass is 9.99. The molecule has 7 heteroatoms. The minimum Gasteiger partial charge on any atom is -0.454 e. The van der Waals surface area contributed by atoms with E-state index in [1.54, 1.807) is 18.2 Å². The van der Waals surface area contributed by atoms with Gasteiger partial charge in [0.15, 0.2) is 11.5 Å². The van der Waals surface area contributed by atoms with E-state index >= 15 is 0 Å². The molecule has 4 aromatic rings. The van der Waals surface area contributed by atoms with E-state index in [0.717, 1.165) is 16.7 Å². The summed E-state index contributed by atoms with van der Waals surface area (Å²) in [4.78, 5) is 25.4. The number of carbonyl (C=O) groups is 1. The first-order chi connectivity index (χ1) is 16.2. The summed E-state index contributed by atoms with van der Waals surface area (Å²) in [5, 5.41) is 7.45. The van der Waals surface area contributed by atoms with Crippen LogP contribution in [0, 0.1) is 0 Å². The van der Waals surface area contributed by atoms with Crippen molar-refractivity contribution < 1.29 is 14.3 Å². The molecule has 164 valence electrons. The Kier molecular flexibility index (Phi) is 5.59. The number of ether oxygens (including phenoxy) is 2. The third-order valence-corrected chi connectivity index (χ3v) is 5.40. The lowest BCUT2D eigenvalue weighted by Gasteiger charge is -2.20. The molecule has 1 aromatic heterocycles. The molecule has 33 heavy (non-hydrogen) atoms. The third kappa shape index (κ3) is 4.48. The Hall–Kier alpha value is -4.39. The van der Waals surface area contributed by atoms with Crippen molar-refractivity contribution in [3.63, 3.8) is 0 Å². The van der Waals surface area contributed by atoms with E-state index < -0.39 is 0 Å². The Bertz CT molecular complexity index is 1300. The maximum atomic E-state index is 13.0. The second kappa shape index (κ2) is 9.00. The van der Waals surface area contributed by atoms with E-state index in [0.29, 0.717) is 17.2 Å². The molecule has 0 atom stereocenters. The summed E-state index contributed by atoms with van der Waals surface area (Å²) in [7, 11) is 0. The van der Waals surface area contributed by atoms with Gasteiger partial charge in [0.1, 0.15) is 6.54 Å². The second-order valence-corrected chi connectivity index (χ2v) is 7.60. The normalized spacial score (nSPS) is 12.0. The molecule has 1 amide bonds. The summed E-state index contributed by atoms with van der Waals surface area (Å²) in [5.41, 5.74) is 2.87. The molecule has 5 rings (SSSR count). The number of amides is 1. The van der Waals surface area contributed by atoms with Gasteiger partial charge in [0.05, 0.1) is 11.7 Å². The quantitative estimate of drug-likeness (QED) is 0.497. The number of hydrogen-bond donors (Lipinski definition) is 1. The first-order valence-electron chi connectivity index (χ1n) is 10.5. The Balaban J connectivity index is 1.39. The third-order valence-electron chi connectivity index (χ3n) is 5.40. The molecular weight excluding hydrogens is 418 g/mol. The van der Waals surface area contributed by atoms with Crippen LogP contribution in [0.15, 0.2) is 95.8 Å². The molecule has 0 aliphatic carbocycles. The highest BCUT2D eigenvalue weighted by atomic mass is 16.7. The van der Waals surface area contributed by atoms with Crippen LogP contribution in [-0.4, -0.2) is 22.5 Å². The molecule has 0 unspecified atom stereocenters. The van der Waals surface area contributed by atoms with Crippen LogP contribution in [0.5, 0.6) is 11.5 Å². The first kappa shape index (κ1) is 20.5. The highest BCUT2D eigenvalue weighted by Crippen LogP contribution is 2.35. The topological polar surface area (TPSA) is 82.5 Å². The van der Waals surface area contributed by atoms with Gasteiger partial charge in [-0.25, -0.2) is 4.68 Å². The van der Waals surface area contributed by atoms with E-state index in [4.69, 9.17) is 9.47 Å². The van der Waals surface area contributed by atoms with Crippen LogP contribution in [0.1, 0.15) is 17.2 Å². The molecule has 0 radical (unpaired) electrons. The minimum absolute atomic E-state index is 0.176. The van der Waals surface area contributed by atoms with E-state index in [-0.39, 0.29) is 30.8 Å². The zero-order valence-corrected chi connectivity index (χ0v) is 17.7. The van der Waals surface area contributed by atoms with Crippen molar-refractivity contribution in [1.82, 2.24) is 15.1 Å². The van der Waals surface area contributed by atoms with Gasteiger partial charge in [-0.3, -0.25) is 9.59 Å². The number of aromatic nitrogens is 2. The van der Waals surface area contributed by atoms with Crippen LogP contribution >= 0.6 is 0 Å². The standard InChI is InChI=1S/C26H21N3O4/c30-24(27-26(18-7-3-1-4-8-18)19-9-5-2-6-10-19)16-29-25(31)14-12-21(28-29)20-11-13-22-23(15-20)33-17-32-22/h1-15,26H,16-17H2,(H,27,30). The zero-order valence-electron chi connectivity index (χ0n) is 17.7. The number of fused-ring (bicyclic) bond motifs is 1. The highest BCUT2D eigenvalue weighted by Gasteiger charge is 2.18. The molecular formula is C26H21N3O4. The van der Waals surface area contributed by atoms with Crippen LogP contribution < -0.4 is 20.3 Å². The van der Waals surface area contributed by atoms with Gasteiger partial charge < -0.3 is 14.8 Å². The lowest BCUT2D eigenvalue weighted by molar-refractivity contribution is -0.122. The Morgan fingerprint density at radius 1 is 0.879 bits per heavy atom. The number of rotatable bonds is 6. The van der Waals surface area contributed by atoms with Gasteiger partial charge in [0.2, 0.25) is 12.7 Å². The predicted octanol–water partition coefficient (Wildman–Crippen LogP) is 3.54. The summed E-state index contributed by atoms with van der Waals surface area (Å²) in [6.45, 7) is -0.0245. The number of nitrogens with zero attached hydrogens (tertiary/aromatic N) is 2. The average Bonchev–Trinajstić information content (AvgIpc) is 3.33. The van der Waals surface area contributed by atoms with Gasteiger partial charge in [-0.05, 0) is 35.4 Å². The highest BCUT2D eigenvalue weighted by molar-refractivity contribution is 5.77. The Morgan fingerprint density at radius 3 is 2.24 bits per heavy atom. The van der Waals surface area contributed by atoms with Gasteiger partial charge in [-0.2, -0.15) is 5.10 Å². The van der Waals surface area contributed by atoms with Gasteiger partial charge in [0, 0.05) is 11.6 Å². The van der Waals surface area contributed by atoms with Crippen LogP contribution in [0.2, 0.25) is 0 Å².